The van der Waals surface area contributed by atoms with Gasteiger partial charge in [0.2, 0.25) is 0 Å². The Kier molecular flexibility index (Phi) is 6.00. The maximum atomic E-state index is 12.9. The third-order valence-corrected chi connectivity index (χ3v) is 4.97. The number of hydrogen-bond acceptors (Lipinski definition) is 6. The van der Waals surface area contributed by atoms with Crippen molar-refractivity contribution < 1.29 is 23.5 Å². The van der Waals surface area contributed by atoms with Crippen LogP contribution in [0.4, 0.5) is 10.1 Å². The first-order valence-electron chi connectivity index (χ1n) is 8.30. The molecule has 0 saturated heterocycles. The molecule has 3 rings (SSSR count). The standard InChI is InChI=1S/C20H17FN2O4S/c1-12-18(28-19(22-12)13-3-9-16(26-2)10-4-13)20(25)27-11-17(24)23-15-7-5-14(21)6-8-15/h3-10H,11H2,1-2H3,(H,23,24). The van der Waals surface area contributed by atoms with Crippen molar-refractivity contribution in [3.63, 3.8) is 0 Å². The Morgan fingerprint density at radius 3 is 2.43 bits per heavy atom. The average Bonchev–Trinajstić information content (AvgIpc) is 3.10. The summed E-state index contributed by atoms with van der Waals surface area (Å²) < 4.78 is 23.1. The lowest BCUT2D eigenvalue weighted by atomic mass is 10.2. The molecule has 6 nitrogen and oxygen atoms in total. The minimum Gasteiger partial charge on any atom is -0.497 e. The van der Waals surface area contributed by atoms with Crippen LogP contribution in [0, 0.1) is 12.7 Å². The zero-order valence-corrected chi connectivity index (χ0v) is 16.0. The van der Waals surface area contributed by atoms with Crippen LogP contribution in [0.3, 0.4) is 0 Å². The van der Waals surface area contributed by atoms with Crippen LogP contribution in [0.5, 0.6) is 5.75 Å². The van der Waals surface area contributed by atoms with Crippen molar-refractivity contribution >= 4 is 28.9 Å². The number of benzene rings is 2. The first kappa shape index (κ1) is 19.5. The molecule has 0 aliphatic heterocycles. The number of nitrogens with one attached hydrogen (secondary N) is 1. The minimum absolute atomic E-state index is 0.334. The van der Waals surface area contributed by atoms with Crippen LogP contribution in [0.15, 0.2) is 48.5 Å². The Hall–Kier alpha value is -3.26. The van der Waals surface area contributed by atoms with Gasteiger partial charge in [0.25, 0.3) is 5.91 Å². The Bertz CT molecular complexity index is 984. The van der Waals surface area contributed by atoms with E-state index in [0.29, 0.717) is 21.3 Å². The molecule has 3 aromatic rings. The molecule has 0 unspecified atom stereocenters. The van der Waals surface area contributed by atoms with Gasteiger partial charge in [-0.15, -0.1) is 11.3 Å². The molecule has 8 heteroatoms. The molecular formula is C20H17FN2O4S. The molecule has 144 valence electrons. The van der Waals surface area contributed by atoms with E-state index in [-0.39, 0.29) is 0 Å². The van der Waals surface area contributed by atoms with Crippen LogP contribution in [0.25, 0.3) is 10.6 Å². The second-order valence-corrected chi connectivity index (χ2v) is 6.79. The summed E-state index contributed by atoms with van der Waals surface area (Å²) in [5.41, 5.74) is 1.79. The fourth-order valence-electron chi connectivity index (χ4n) is 2.37. The number of rotatable bonds is 6. The summed E-state index contributed by atoms with van der Waals surface area (Å²) in [6, 6.07) is 12.6. The van der Waals surface area contributed by atoms with Crippen molar-refractivity contribution in [1.29, 1.82) is 0 Å². The molecule has 0 atom stereocenters. The van der Waals surface area contributed by atoms with Crippen LogP contribution in [-0.4, -0.2) is 30.6 Å². The highest BCUT2D eigenvalue weighted by molar-refractivity contribution is 7.17. The molecule has 1 N–H and O–H groups in total. The summed E-state index contributed by atoms with van der Waals surface area (Å²) in [6.45, 7) is 1.25. The number of nitrogens with zero attached hydrogens (tertiary/aromatic N) is 1. The van der Waals surface area contributed by atoms with E-state index >= 15 is 0 Å². The van der Waals surface area contributed by atoms with Crippen molar-refractivity contribution in [2.75, 3.05) is 19.0 Å². The van der Waals surface area contributed by atoms with Crippen molar-refractivity contribution in [2.24, 2.45) is 0 Å². The summed E-state index contributed by atoms with van der Waals surface area (Å²) in [7, 11) is 1.59. The largest absolute Gasteiger partial charge is 0.497 e. The van der Waals surface area contributed by atoms with E-state index in [9.17, 15) is 14.0 Å². The third kappa shape index (κ3) is 4.72. The van der Waals surface area contributed by atoms with Crippen LogP contribution in [-0.2, 0) is 9.53 Å². The quantitative estimate of drug-likeness (QED) is 0.632. The Labute approximate surface area is 164 Å². The molecule has 0 aliphatic carbocycles. The Balaban J connectivity index is 1.61. The average molecular weight is 400 g/mol. The molecular weight excluding hydrogens is 383 g/mol. The fourth-order valence-corrected chi connectivity index (χ4v) is 3.34. The predicted octanol–water partition coefficient (Wildman–Crippen LogP) is 4.06. The number of aromatic nitrogens is 1. The first-order chi connectivity index (χ1) is 13.5. The van der Waals surface area contributed by atoms with Gasteiger partial charge in [-0.1, -0.05) is 0 Å². The molecule has 0 spiro atoms. The molecule has 0 bridgehead atoms. The maximum absolute atomic E-state index is 12.9. The first-order valence-corrected chi connectivity index (χ1v) is 9.12. The lowest BCUT2D eigenvalue weighted by Gasteiger charge is -2.06. The van der Waals surface area contributed by atoms with E-state index < -0.39 is 24.3 Å². The summed E-state index contributed by atoms with van der Waals surface area (Å²) in [6.07, 6.45) is 0. The number of esters is 1. The van der Waals surface area contributed by atoms with Gasteiger partial charge in [0.05, 0.1) is 12.8 Å². The number of ether oxygens (including phenoxy) is 2. The van der Waals surface area contributed by atoms with E-state index in [2.05, 4.69) is 10.3 Å². The topological polar surface area (TPSA) is 77.5 Å². The molecule has 2 aromatic carbocycles. The molecule has 28 heavy (non-hydrogen) atoms. The molecule has 1 amide bonds. The summed E-state index contributed by atoms with van der Waals surface area (Å²) in [4.78, 5) is 28.9. The molecule has 0 radical (unpaired) electrons. The third-order valence-electron chi connectivity index (χ3n) is 3.78. The van der Waals surface area contributed by atoms with Crippen LogP contribution >= 0.6 is 11.3 Å². The highest BCUT2D eigenvalue weighted by Gasteiger charge is 2.19. The van der Waals surface area contributed by atoms with E-state index in [1.54, 1.807) is 14.0 Å². The van der Waals surface area contributed by atoms with Crippen LogP contribution < -0.4 is 10.1 Å². The number of hydrogen-bond donors (Lipinski definition) is 1. The van der Waals surface area contributed by atoms with Crippen LogP contribution in [0.2, 0.25) is 0 Å². The monoisotopic (exact) mass is 400 g/mol. The predicted molar refractivity (Wildman–Crippen MR) is 104 cm³/mol. The molecule has 1 aromatic heterocycles. The fraction of sp³-hybridized carbons (Fsp3) is 0.150. The SMILES string of the molecule is COc1ccc(-c2nc(C)c(C(=O)OCC(=O)Nc3ccc(F)cc3)s2)cc1. The van der Waals surface area contributed by atoms with Gasteiger partial charge in [-0.3, -0.25) is 4.79 Å². The molecule has 1 heterocycles. The zero-order valence-electron chi connectivity index (χ0n) is 15.2. The number of halogens is 1. The van der Waals surface area contributed by atoms with E-state index in [1.165, 1.54) is 35.6 Å². The zero-order chi connectivity index (χ0) is 20.1. The van der Waals surface area contributed by atoms with E-state index in [1.807, 2.05) is 24.3 Å². The maximum Gasteiger partial charge on any atom is 0.350 e. The molecule has 0 fully saturated rings. The second kappa shape index (κ2) is 8.62. The van der Waals surface area contributed by atoms with Gasteiger partial charge in [0.15, 0.2) is 6.61 Å². The minimum atomic E-state index is -0.621. The number of methoxy groups -OCH3 is 1. The van der Waals surface area contributed by atoms with Gasteiger partial charge < -0.3 is 14.8 Å². The highest BCUT2D eigenvalue weighted by Crippen LogP contribution is 2.29. The smallest absolute Gasteiger partial charge is 0.350 e. The summed E-state index contributed by atoms with van der Waals surface area (Å²) in [5, 5.41) is 3.19. The van der Waals surface area contributed by atoms with Crippen molar-refractivity contribution in [1.82, 2.24) is 4.98 Å². The highest BCUT2D eigenvalue weighted by atomic mass is 32.1. The van der Waals surface area contributed by atoms with Crippen molar-refractivity contribution in [3.8, 4) is 16.3 Å². The number of anilines is 1. The number of thiazole rings is 1. The lowest BCUT2D eigenvalue weighted by Crippen LogP contribution is -2.20. The van der Waals surface area contributed by atoms with Gasteiger partial charge in [-0.25, -0.2) is 14.2 Å². The Morgan fingerprint density at radius 2 is 1.79 bits per heavy atom. The Morgan fingerprint density at radius 1 is 1.11 bits per heavy atom. The van der Waals surface area contributed by atoms with Crippen molar-refractivity contribution in [3.05, 3.63) is 64.9 Å². The van der Waals surface area contributed by atoms with E-state index in [4.69, 9.17) is 9.47 Å². The number of amides is 1. The van der Waals surface area contributed by atoms with Crippen LogP contribution in [0.1, 0.15) is 15.4 Å². The lowest BCUT2D eigenvalue weighted by molar-refractivity contribution is -0.119. The summed E-state index contributed by atoms with van der Waals surface area (Å²) in [5.74, 6) is -0.817. The van der Waals surface area contributed by atoms with Gasteiger partial charge in [0.1, 0.15) is 21.5 Å². The van der Waals surface area contributed by atoms with E-state index in [0.717, 1.165) is 11.3 Å². The molecule has 0 saturated carbocycles. The normalized spacial score (nSPS) is 10.4. The number of carbonyl (C=O) groups excluding carboxylic acids is 2. The molecule has 0 aliphatic rings. The second-order valence-electron chi connectivity index (χ2n) is 5.79. The van der Waals surface area contributed by atoms with Gasteiger partial charge in [-0.2, -0.15) is 0 Å². The van der Waals surface area contributed by atoms with Gasteiger partial charge in [-0.05, 0) is 55.5 Å². The van der Waals surface area contributed by atoms with Gasteiger partial charge in [0, 0.05) is 11.3 Å². The number of aryl methyl sites for hydroxylation is 1. The van der Waals surface area contributed by atoms with Crippen molar-refractivity contribution in [2.45, 2.75) is 6.92 Å². The number of carbonyl (C=O) groups is 2. The summed E-state index contributed by atoms with van der Waals surface area (Å²) >= 11 is 1.19. The van der Waals surface area contributed by atoms with Gasteiger partial charge >= 0.3 is 5.97 Å².